The van der Waals surface area contributed by atoms with Crippen LogP contribution in [0.1, 0.15) is 18.0 Å². The molecule has 3 aromatic heterocycles. The lowest BCUT2D eigenvalue weighted by Gasteiger charge is -2.08. The molecule has 3 aromatic rings. The molecule has 0 bridgehead atoms. The Balaban J connectivity index is 1.86. The van der Waals surface area contributed by atoms with Crippen LogP contribution in [-0.2, 0) is 16.1 Å². The van der Waals surface area contributed by atoms with Crippen LogP contribution < -0.4 is 10.9 Å². The van der Waals surface area contributed by atoms with E-state index in [0.29, 0.717) is 30.1 Å². The van der Waals surface area contributed by atoms with Crippen molar-refractivity contribution in [1.29, 1.82) is 0 Å². The third-order valence-corrected chi connectivity index (χ3v) is 3.83. The summed E-state index contributed by atoms with van der Waals surface area (Å²) in [6.07, 6.45) is 0.183. The molecule has 0 atom stereocenters. The van der Waals surface area contributed by atoms with Gasteiger partial charge in [-0.2, -0.15) is 5.10 Å². The van der Waals surface area contributed by atoms with Gasteiger partial charge in [-0.3, -0.25) is 14.0 Å². The number of methoxy groups -OCH3 is 1. The normalized spacial score (nSPS) is 11.5. The number of hydrogen-bond acceptors (Lipinski definition) is 5. The average molecular weight is 332 g/mol. The van der Waals surface area contributed by atoms with Crippen LogP contribution >= 0.6 is 0 Å². The first-order valence-electron chi connectivity index (χ1n) is 7.76. The Morgan fingerprint density at radius 3 is 2.88 bits per heavy atom. The highest BCUT2D eigenvalue weighted by Gasteiger charge is 2.15. The number of carbonyl (C=O) groups is 1. The van der Waals surface area contributed by atoms with E-state index in [9.17, 15) is 9.59 Å². The van der Waals surface area contributed by atoms with Crippen LogP contribution in [0.5, 0.6) is 0 Å². The smallest absolute Gasteiger partial charge is 0.291 e. The molecule has 0 saturated carbocycles. The summed E-state index contributed by atoms with van der Waals surface area (Å²) in [4.78, 5) is 24.4. The zero-order valence-electron chi connectivity index (χ0n) is 14.0. The molecule has 0 aliphatic carbocycles. The first-order valence-corrected chi connectivity index (χ1v) is 7.76. The zero-order chi connectivity index (χ0) is 17.3. The van der Waals surface area contributed by atoms with Crippen molar-refractivity contribution in [2.45, 2.75) is 26.8 Å². The van der Waals surface area contributed by atoms with Crippen molar-refractivity contribution in [3.8, 4) is 0 Å². The molecule has 0 fully saturated rings. The number of amides is 1. The molecule has 128 valence electrons. The molecule has 0 aromatic carbocycles. The van der Waals surface area contributed by atoms with E-state index in [0.717, 1.165) is 11.3 Å². The summed E-state index contributed by atoms with van der Waals surface area (Å²) in [6, 6.07) is 3.60. The van der Waals surface area contributed by atoms with E-state index in [1.807, 2.05) is 19.9 Å². The Hall–Kier alpha value is -2.61. The second kappa shape index (κ2) is 6.48. The Morgan fingerprint density at radius 1 is 1.33 bits per heavy atom. The summed E-state index contributed by atoms with van der Waals surface area (Å²) in [5.41, 5.74) is 1.74. The molecular weight excluding hydrogens is 312 g/mol. The molecule has 8 heteroatoms. The molecule has 3 heterocycles. The molecule has 0 aliphatic rings. The Labute approximate surface area is 138 Å². The van der Waals surface area contributed by atoms with Crippen molar-refractivity contribution in [2.75, 3.05) is 20.3 Å². The highest BCUT2D eigenvalue weighted by atomic mass is 16.5. The second-order valence-corrected chi connectivity index (χ2v) is 5.64. The molecular formula is C16H20N4O4. The Morgan fingerprint density at radius 2 is 2.12 bits per heavy atom. The first-order chi connectivity index (χ1) is 11.5. The third-order valence-electron chi connectivity index (χ3n) is 3.83. The van der Waals surface area contributed by atoms with Crippen LogP contribution in [0, 0.1) is 13.8 Å². The van der Waals surface area contributed by atoms with E-state index in [1.54, 1.807) is 17.6 Å². The van der Waals surface area contributed by atoms with Gasteiger partial charge in [0.05, 0.1) is 18.7 Å². The standard InChI is InChI=1S/C16H20N4O4/c1-10-8-12-14(24-10)9-13-16(22)19(18-11(2)20(12)13)6-4-15(21)17-5-7-23-3/h8-9H,4-7H2,1-3H3,(H,17,21). The summed E-state index contributed by atoms with van der Waals surface area (Å²) >= 11 is 0. The lowest BCUT2D eigenvalue weighted by Crippen LogP contribution is -2.31. The first kappa shape index (κ1) is 16.3. The van der Waals surface area contributed by atoms with Gasteiger partial charge in [0.25, 0.3) is 5.56 Å². The van der Waals surface area contributed by atoms with Crippen LogP contribution in [0.25, 0.3) is 16.6 Å². The van der Waals surface area contributed by atoms with Crippen molar-refractivity contribution < 1.29 is 13.9 Å². The van der Waals surface area contributed by atoms with Gasteiger partial charge in [-0.05, 0) is 13.8 Å². The van der Waals surface area contributed by atoms with Crippen molar-refractivity contribution in [3.63, 3.8) is 0 Å². The van der Waals surface area contributed by atoms with Gasteiger partial charge in [0.2, 0.25) is 5.91 Å². The number of aryl methyl sites for hydroxylation is 3. The summed E-state index contributed by atoms with van der Waals surface area (Å²) in [6.45, 7) is 4.81. The Bertz CT molecular complexity index is 950. The number of rotatable bonds is 6. The van der Waals surface area contributed by atoms with E-state index in [-0.39, 0.29) is 24.4 Å². The molecule has 1 N–H and O–H groups in total. The maximum Gasteiger partial charge on any atom is 0.291 e. The molecule has 0 spiro atoms. The van der Waals surface area contributed by atoms with Gasteiger partial charge in [0.1, 0.15) is 17.1 Å². The number of nitrogens with one attached hydrogen (secondary N) is 1. The minimum atomic E-state index is -0.241. The maximum atomic E-state index is 12.6. The lowest BCUT2D eigenvalue weighted by atomic mass is 10.4. The molecule has 0 unspecified atom stereocenters. The summed E-state index contributed by atoms with van der Waals surface area (Å²) in [5, 5.41) is 7.04. The van der Waals surface area contributed by atoms with Gasteiger partial charge in [-0.25, -0.2) is 4.68 Å². The fourth-order valence-corrected chi connectivity index (χ4v) is 2.76. The SMILES string of the molecule is COCCNC(=O)CCn1nc(C)n2c(cc3oc(C)cc32)c1=O. The largest absolute Gasteiger partial charge is 0.460 e. The monoisotopic (exact) mass is 332 g/mol. The van der Waals surface area contributed by atoms with E-state index >= 15 is 0 Å². The highest BCUT2D eigenvalue weighted by molar-refractivity contribution is 5.83. The zero-order valence-corrected chi connectivity index (χ0v) is 14.0. The topological polar surface area (TPSA) is 90.8 Å². The predicted molar refractivity (Wildman–Crippen MR) is 88.2 cm³/mol. The van der Waals surface area contributed by atoms with Gasteiger partial charge in [0.15, 0.2) is 5.58 Å². The second-order valence-electron chi connectivity index (χ2n) is 5.64. The van der Waals surface area contributed by atoms with Gasteiger partial charge in [-0.1, -0.05) is 0 Å². The van der Waals surface area contributed by atoms with Crippen LogP contribution in [0.15, 0.2) is 21.3 Å². The molecule has 1 amide bonds. The Kier molecular flexibility index (Phi) is 4.39. The van der Waals surface area contributed by atoms with E-state index in [1.165, 1.54) is 4.68 Å². The van der Waals surface area contributed by atoms with Crippen molar-refractivity contribution >= 4 is 22.5 Å². The highest BCUT2D eigenvalue weighted by Crippen LogP contribution is 2.22. The summed E-state index contributed by atoms with van der Waals surface area (Å²) in [7, 11) is 1.57. The van der Waals surface area contributed by atoms with E-state index < -0.39 is 0 Å². The summed E-state index contributed by atoms with van der Waals surface area (Å²) in [5.74, 6) is 1.31. The number of aromatic nitrogens is 3. The van der Waals surface area contributed by atoms with Crippen LogP contribution in [0.4, 0.5) is 0 Å². The van der Waals surface area contributed by atoms with Crippen molar-refractivity contribution in [1.82, 2.24) is 19.5 Å². The average Bonchev–Trinajstić information content (AvgIpc) is 3.05. The quantitative estimate of drug-likeness (QED) is 0.680. The number of carbonyl (C=O) groups excluding carboxylic acids is 1. The molecule has 0 radical (unpaired) electrons. The van der Waals surface area contributed by atoms with Crippen molar-refractivity contribution in [2.24, 2.45) is 0 Å². The van der Waals surface area contributed by atoms with Gasteiger partial charge in [0, 0.05) is 32.2 Å². The molecule has 0 saturated heterocycles. The minimum Gasteiger partial charge on any atom is -0.460 e. The third kappa shape index (κ3) is 2.92. The van der Waals surface area contributed by atoms with Gasteiger partial charge < -0.3 is 14.5 Å². The van der Waals surface area contributed by atoms with Crippen LogP contribution in [0.2, 0.25) is 0 Å². The molecule has 24 heavy (non-hydrogen) atoms. The lowest BCUT2D eigenvalue weighted by molar-refractivity contribution is -0.121. The predicted octanol–water partition coefficient (Wildman–Crippen LogP) is 1.01. The van der Waals surface area contributed by atoms with Crippen LogP contribution in [0.3, 0.4) is 0 Å². The van der Waals surface area contributed by atoms with Crippen molar-refractivity contribution in [3.05, 3.63) is 34.1 Å². The molecule has 8 nitrogen and oxygen atoms in total. The minimum absolute atomic E-state index is 0.141. The fourth-order valence-electron chi connectivity index (χ4n) is 2.76. The van der Waals surface area contributed by atoms with E-state index in [4.69, 9.17) is 9.15 Å². The number of fused-ring (bicyclic) bond motifs is 3. The van der Waals surface area contributed by atoms with Crippen LogP contribution in [-0.4, -0.2) is 40.3 Å². The number of furan rings is 1. The van der Waals surface area contributed by atoms with Gasteiger partial charge >= 0.3 is 0 Å². The maximum absolute atomic E-state index is 12.6. The van der Waals surface area contributed by atoms with E-state index in [2.05, 4.69) is 10.4 Å². The number of hydrogen-bond donors (Lipinski definition) is 1. The number of nitrogens with zero attached hydrogens (tertiary/aromatic N) is 3. The molecule has 3 rings (SSSR count). The number of ether oxygens (including phenoxy) is 1. The molecule has 0 aliphatic heterocycles. The van der Waals surface area contributed by atoms with Gasteiger partial charge in [-0.15, -0.1) is 0 Å². The fraction of sp³-hybridized carbons (Fsp3) is 0.438. The summed E-state index contributed by atoms with van der Waals surface area (Å²) < 4.78 is 13.6.